The van der Waals surface area contributed by atoms with E-state index in [4.69, 9.17) is 13.9 Å². The van der Waals surface area contributed by atoms with Crippen LogP contribution in [0, 0.1) is 28.1 Å². The van der Waals surface area contributed by atoms with Crippen molar-refractivity contribution in [2.24, 2.45) is 28.1 Å². The number of hydrogen-bond donors (Lipinski definition) is 0. The van der Waals surface area contributed by atoms with Gasteiger partial charge in [-0.3, -0.25) is 9.59 Å². The SMILES string of the molecule is C=C1C2=CC(=O)O[C@@H](c3ccoc3)[C@]2(C)CCC1[C@@]1(C)C=CC(=O)C(C)(C)[C@@H]1CC(=O)OC. The lowest BCUT2D eigenvalue weighted by atomic mass is 9.48. The lowest BCUT2D eigenvalue weighted by Crippen LogP contribution is -2.51. The molecule has 3 aliphatic rings. The predicted molar refractivity (Wildman–Crippen MR) is 122 cm³/mol. The van der Waals surface area contributed by atoms with Crippen molar-refractivity contribution in [3.8, 4) is 0 Å². The van der Waals surface area contributed by atoms with Crippen LogP contribution in [0.1, 0.15) is 58.6 Å². The lowest BCUT2D eigenvalue weighted by molar-refractivity contribution is -0.153. The zero-order valence-electron chi connectivity index (χ0n) is 20.0. The van der Waals surface area contributed by atoms with E-state index in [9.17, 15) is 14.4 Å². The quantitative estimate of drug-likeness (QED) is 0.589. The van der Waals surface area contributed by atoms with Gasteiger partial charge in [0.25, 0.3) is 0 Å². The highest BCUT2D eigenvalue weighted by atomic mass is 16.5. The molecule has 2 heterocycles. The Balaban J connectivity index is 1.76. The van der Waals surface area contributed by atoms with Gasteiger partial charge in [-0.05, 0) is 53.4 Å². The van der Waals surface area contributed by atoms with Crippen LogP contribution < -0.4 is 0 Å². The number of hydrogen-bond acceptors (Lipinski definition) is 6. The normalized spacial score (nSPS) is 35.5. The number of cyclic esters (lactones) is 1. The van der Waals surface area contributed by atoms with Crippen molar-refractivity contribution < 1.29 is 28.3 Å². The fourth-order valence-corrected chi connectivity index (χ4v) is 6.40. The largest absolute Gasteiger partial charge is 0.472 e. The van der Waals surface area contributed by atoms with Crippen molar-refractivity contribution in [1.29, 1.82) is 0 Å². The Labute approximate surface area is 194 Å². The molecule has 1 aliphatic heterocycles. The number of methoxy groups -OCH3 is 1. The average Bonchev–Trinajstić information content (AvgIpc) is 3.29. The number of allylic oxidation sites excluding steroid dienone is 3. The molecule has 1 saturated carbocycles. The highest BCUT2D eigenvalue weighted by Gasteiger charge is 2.57. The van der Waals surface area contributed by atoms with Crippen molar-refractivity contribution in [2.45, 2.75) is 53.1 Å². The van der Waals surface area contributed by atoms with E-state index < -0.39 is 28.3 Å². The molecule has 5 atom stereocenters. The minimum atomic E-state index is -0.738. The van der Waals surface area contributed by atoms with Crippen LogP contribution in [0.4, 0.5) is 0 Å². The first kappa shape index (κ1) is 23.3. The molecule has 33 heavy (non-hydrogen) atoms. The summed E-state index contributed by atoms with van der Waals surface area (Å²) in [5.41, 5.74) is 0.864. The fraction of sp³-hybridized carbons (Fsp3) is 0.519. The Kier molecular flexibility index (Phi) is 5.54. The summed E-state index contributed by atoms with van der Waals surface area (Å²) in [5, 5.41) is 0. The van der Waals surface area contributed by atoms with Gasteiger partial charge in [-0.2, -0.15) is 0 Å². The molecule has 0 radical (unpaired) electrons. The molecule has 0 aromatic carbocycles. The summed E-state index contributed by atoms with van der Waals surface area (Å²) in [6, 6.07) is 1.83. The monoisotopic (exact) mass is 452 g/mol. The second-order valence-electron chi connectivity index (χ2n) is 10.6. The summed E-state index contributed by atoms with van der Waals surface area (Å²) in [5.74, 6) is -1.07. The number of ether oxygens (including phenoxy) is 2. The van der Waals surface area contributed by atoms with E-state index in [1.807, 2.05) is 26.0 Å². The molecular formula is C27H32O6. The zero-order chi connectivity index (χ0) is 24.2. The van der Waals surface area contributed by atoms with Gasteiger partial charge in [-0.25, -0.2) is 4.79 Å². The number of ketones is 1. The Morgan fingerprint density at radius 1 is 1.24 bits per heavy atom. The van der Waals surface area contributed by atoms with E-state index in [1.54, 1.807) is 24.7 Å². The van der Waals surface area contributed by atoms with E-state index in [2.05, 4.69) is 20.4 Å². The predicted octanol–water partition coefficient (Wildman–Crippen LogP) is 5.13. The highest BCUT2D eigenvalue weighted by molar-refractivity contribution is 5.96. The van der Waals surface area contributed by atoms with E-state index in [1.165, 1.54) is 7.11 Å². The van der Waals surface area contributed by atoms with E-state index >= 15 is 0 Å². The Morgan fingerprint density at radius 2 is 1.97 bits per heavy atom. The van der Waals surface area contributed by atoms with Crippen LogP contribution in [0.2, 0.25) is 0 Å². The fourth-order valence-electron chi connectivity index (χ4n) is 6.40. The minimum absolute atomic E-state index is 0.000574. The number of esters is 2. The van der Waals surface area contributed by atoms with Gasteiger partial charge >= 0.3 is 11.9 Å². The van der Waals surface area contributed by atoms with E-state index in [-0.39, 0.29) is 30.0 Å². The number of rotatable bonds is 4. The van der Waals surface area contributed by atoms with Crippen molar-refractivity contribution >= 4 is 17.7 Å². The minimum Gasteiger partial charge on any atom is -0.472 e. The number of furan rings is 1. The first-order valence-electron chi connectivity index (χ1n) is 11.4. The maximum atomic E-state index is 12.8. The topological polar surface area (TPSA) is 82.8 Å². The first-order chi connectivity index (χ1) is 15.4. The van der Waals surface area contributed by atoms with E-state index in [0.717, 1.165) is 29.6 Å². The Bertz CT molecular complexity index is 1060. The van der Waals surface area contributed by atoms with Crippen molar-refractivity contribution in [1.82, 2.24) is 0 Å². The third kappa shape index (κ3) is 3.51. The second-order valence-corrected chi connectivity index (χ2v) is 10.6. The van der Waals surface area contributed by atoms with Crippen LogP contribution in [0.15, 0.2) is 59.0 Å². The van der Waals surface area contributed by atoms with Crippen LogP contribution in [0.5, 0.6) is 0 Å². The molecule has 0 bridgehead atoms. The first-order valence-corrected chi connectivity index (χ1v) is 11.4. The third-order valence-electron chi connectivity index (χ3n) is 8.46. The number of fused-ring (bicyclic) bond motifs is 1. The van der Waals surface area contributed by atoms with Crippen molar-refractivity contribution in [2.75, 3.05) is 7.11 Å². The smallest absolute Gasteiger partial charge is 0.331 e. The van der Waals surface area contributed by atoms with Gasteiger partial charge in [-0.15, -0.1) is 0 Å². The molecular weight excluding hydrogens is 420 g/mol. The van der Waals surface area contributed by atoms with Crippen LogP contribution in [0.3, 0.4) is 0 Å². The molecule has 0 N–H and O–H groups in total. The Morgan fingerprint density at radius 3 is 2.61 bits per heavy atom. The zero-order valence-corrected chi connectivity index (χ0v) is 20.0. The molecule has 1 unspecified atom stereocenters. The van der Waals surface area contributed by atoms with Gasteiger partial charge < -0.3 is 13.9 Å². The molecule has 2 aliphatic carbocycles. The maximum absolute atomic E-state index is 12.8. The summed E-state index contributed by atoms with van der Waals surface area (Å²) in [6.45, 7) is 12.4. The standard InChI is InChI=1S/C27H32O6/c1-16-18(26(4)11-8-21(28)25(2,3)20(26)14-22(29)31-6)7-10-27(5)19(16)13-23(30)33-24(27)17-9-12-32-15-17/h8-9,11-13,15,18,20,24H,1,7,10,14H2,2-6H3/t18?,20-,24-,26+,27+/m0/s1. The van der Waals surface area contributed by atoms with E-state index in [0.29, 0.717) is 0 Å². The lowest BCUT2D eigenvalue weighted by Gasteiger charge is -2.55. The van der Waals surface area contributed by atoms with Crippen molar-refractivity contribution in [3.63, 3.8) is 0 Å². The summed E-state index contributed by atoms with van der Waals surface area (Å²) in [6.07, 6.45) is 9.56. The van der Waals surface area contributed by atoms with Gasteiger partial charge in [0.1, 0.15) is 6.10 Å². The third-order valence-corrected chi connectivity index (χ3v) is 8.46. The highest BCUT2D eigenvalue weighted by Crippen LogP contribution is 2.62. The summed E-state index contributed by atoms with van der Waals surface area (Å²) >= 11 is 0. The van der Waals surface area contributed by atoms with Crippen LogP contribution in [-0.2, 0) is 23.9 Å². The van der Waals surface area contributed by atoms with Gasteiger partial charge in [0.05, 0.1) is 26.1 Å². The molecule has 4 rings (SSSR count). The molecule has 6 nitrogen and oxygen atoms in total. The van der Waals surface area contributed by atoms with Crippen LogP contribution >= 0.6 is 0 Å². The van der Waals surface area contributed by atoms with Crippen molar-refractivity contribution in [3.05, 3.63) is 60.1 Å². The van der Waals surface area contributed by atoms with Crippen LogP contribution in [-0.4, -0.2) is 24.8 Å². The van der Waals surface area contributed by atoms with Gasteiger partial charge in [0.2, 0.25) is 0 Å². The summed E-state index contributed by atoms with van der Waals surface area (Å²) < 4.78 is 16.0. The molecule has 0 saturated heterocycles. The number of carbonyl (C=O) groups excluding carboxylic acids is 3. The average molecular weight is 453 g/mol. The molecule has 1 fully saturated rings. The summed E-state index contributed by atoms with van der Waals surface area (Å²) in [7, 11) is 1.37. The van der Waals surface area contributed by atoms with Gasteiger partial charge in [0.15, 0.2) is 5.78 Å². The molecule has 1 aromatic heterocycles. The molecule has 0 amide bonds. The second kappa shape index (κ2) is 7.86. The Hall–Kier alpha value is -2.89. The molecule has 1 aromatic rings. The molecule has 0 spiro atoms. The molecule has 6 heteroatoms. The maximum Gasteiger partial charge on any atom is 0.331 e. The van der Waals surface area contributed by atoms with Crippen LogP contribution in [0.25, 0.3) is 0 Å². The number of carbonyl (C=O) groups is 3. The van der Waals surface area contributed by atoms with Gasteiger partial charge in [-0.1, -0.05) is 40.3 Å². The van der Waals surface area contributed by atoms with Gasteiger partial charge in [0, 0.05) is 22.5 Å². The molecule has 176 valence electrons. The summed E-state index contributed by atoms with van der Waals surface area (Å²) in [4.78, 5) is 37.7.